The van der Waals surface area contributed by atoms with Crippen LogP contribution in [0.25, 0.3) is 11.4 Å². The van der Waals surface area contributed by atoms with E-state index in [9.17, 15) is 0 Å². The summed E-state index contributed by atoms with van der Waals surface area (Å²) in [6.45, 7) is 2.88. The van der Waals surface area contributed by atoms with Crippen LogP contribution in [-0.2, 0) is 6.54 Å². The Hall–Kier alpha value is -2.02. The molecule has 0 amide bonds. The molecule has 6 nitrogen and oxygen atoms in total. The summed E-state index contributed by atoms with van der Waals surface area (Å²) in [5, 5.41) is 7.13. The molecular weight excluding hydrogens is 290 g/mol. The van der Waals surface area contributed by atoms with Crippen molar-refractivity contribution >= 4 is 12.2 Å². The van der Waals surface area contributed by atoms with Gasteiger partial charge in [0.05, 0.1) is 21.3 Å². The number of methoxy groups -OCH3 is 3. The molecule has 7 heteroatoms. The third-order valence-corrected chi connectivity index (χ3v) is 3.44. The molecule has 0 radical (unpaired) electrons. The van der Waals surface area contributed by atoms with Gasteiger partial charge in [-0.2, -0.15) is 5.10 Å². The number of nitrogens with zero attached hydrogens (tertiary/aromatic N) is 2. The van der Waals surface area contributed by atoms with Gasteiger partial charge >= 0.3 is 0 Å². The van der Waals surface area contributed by atoms with E-state index in [1.165, 1.54) is 0 Å². The van der Waals surface area contributed by atoms with Crippen LogP contribution >= 0.6 is 12.2 Å². The van der Waals surface area contributed by atoms with Crippen molar-refractivity contribution in [2.45, 2.75) is 19.9 Å². The van der Waals surface area contributed by atoms with Gasteiger partial charge in [0.25, 0.3) is 0 Å². The van der Waals surface area contributed by atoms with E-state index in [1.807, 2.05) is 16.7 Å². The lowest BCUT2D eigenvalue weighted by Crippen LogP contribution is -2.01. The molecule has 0 unspecified atom stereocenters. The SMILES string of the molecule is CCCn1c(-c2cc(OC)c(OC)c(OC)c2)n[nH]c1=S. The minimum absolute atomic E-state index is 0.555. The molecule has 1 heterocycles. The number of hydrogen-bond donors (Lipinski definition) is 1. The second-order valence-electron chi connectivity index (χ2n) is 4.42. The molecule has 0 saturated heterocycles. The first-order chi connectivity index (χ1) is 10.2. The second-order valence-corrected chi connectivity index (χ2v) is 4.80. The number of ether oxygens (including phenoxy) is 3. The first-order valence-electron chi connectivity index (χ1n) is 6.61. The number of aromatic nitrogens is 3. The lowest BCUT2D eigenvalue weighted by Gasteiger charge is -2.14. The molecule has 0 spiro atoms. The Morgan fingerprint density at radius 2 is 1.76 bits per heavy atom. The summed E-state index contributed by atoms with van der Waals surface area (Å²) in [6.07, 6.45) is 0.964. The minimum Gasteiger partial charge on any atom is -0.493 e. The van der Waals surface area contributed by atoms with Crippen LogP contribution in [0.2, 0.25) is 0 Å². The van der Waals surface area contributed by atoms with E-state index in [2.05, 4.69) is 17.1 Å². The highest BCUT2D eigenvalue weighted by Gasteiger charge is 2.17. The highest BCUT2D eigenvalue weighted by molar-refractivity contribution is 7.71. The van der Waals surface area contributed by atoms with Crippen molar-refractivity contribution in [1.82, 2.24) is 14.8 Å². The number of hydrogen-bond acceptors (Lipinski definition) is 5. The van der Waals surface area contributed by atoms with Gasteiger partial charge in [0.2, 0.25) is 5.75 Å². The highest BCUT2D eigenvalue weighted by Crippen LogP contribution is 2.40. The lowest BCUT2D eigenvalue weighted by molar-refractivity contribution is 0.324. The van der Waals surface area contributed by atoms with Gasteiger partial charge in [-0.25, -0.2) is 0 Å². The van der Waals surface area contributed by atoms with Crippen LogP contribution in [0.3, 0.4) is 0 Å². The van der Waals surface area contributed by atoms with Gasteiger partial charge in [0, 0.05) is 12.1 Å². The van der Waals surface area contributed by atoms with Gasteiger partial charge in [0.1, 0.15) is 0 Å². The maximum atomic E-state index is 5.37. The molecule has 2 aromatic rings. The Morgan fingerprint density at radius 3 is 2.24 bits per heavy atom. The molecule has 0 aliphatic carbocycles. The molecule has 21 heavy (non-hydrogen) atoms. The summed E-state index contributed by atoms with van der Waals surface area (Å²) in [6, 6.07) is 3.72. The molecule has 2 rings (SSSR count). The normalized spacial score (nSPS) is 10.5. The van der Waals surface area contributed by atoms with E-state index in [0.29, 0.717) is 22.0 Å². The highest BCUT2D eigenvalue weighted by atomic mass is 32.1. The van der Waals surface area contributed by atoms with Crippen LogP contribution < -0.4 is 14.2 Å². The fourth-order valence-electron chi connectivity index (χ4n) is 2.18. The minimum atomic E-state index is 0.555. The number of H-pyrrole nitrogens is 1. The molecule has 0 aliphatic heterocycles. The molecular formula is C14H19N3O3S. The van der Waals surface area contributed by atoms with Gasteiger partial charge < -0.3 is 18.8 Å². The third kappa shape index (κ3) is 2.87. The van der Waals surface area contributed by atoms with Crippen LogP contribution in [-0.4, -0.2) is 36.1 Å². The average molecular weight is 309 g/mol. The van der Waals surface area contributed by atoms with Crippen molar-refractivity contribution in [3.63, 3.8) is 0 Å². The first-order valence-corrected chi connectivity index (χ1v) is 7.02. The summed E-state index contributed by atoms with van der Waals surface area (Å²) in [5.41, 5.74) is 0.852. The van der Waals surface area contributed by atoms with Gasteiger partial charge in [-0.3, -0.25) is 5.10 Å². The fourth-order valence-corrected chi connectivity index (χ4v) is 2.40. The second kappa shape index (κ2) is 6.62. The lowest BCUT2D eigenvalue weighted by atomic mass is 10.1. The smallest absolute Gasteiger partial charge is 0.203 e. The van der Waals surface area contributed by atoms with E-state index >= 15 is 0 Å². The number of rotatable bonds is 6. The Labute approximate surface area is 128 Å². The Bertz CT molecular complexity index is 653. The fraction of sp³-hybridized carbons (Fsp3) is 0.429. The summed E-state index contributed by atoms with van der Waals surface area (Å²) in [7, 11) is 4.75. The van der Waals surface area contributed by atoms with E-state index in [-0.39, 0.29) is 0 Å². The van der Waals surface area contributed by atoms with Crippen molar-refractivity contribution in [3.05, 3.63) is 16.9 Å². The zero-order valence-electron chi connectivity index (χ0n) is 12.6. The largest absolute Gasteiger partial charge is 0.493 e. The molecule has 114 valence electrons. The topological polar surface area (TPSA) is 61.3 Å². The Balaban J connectivity index is 2.62. The maximum Gasteiger partial charge on any atom is 0.203 e. The number of aromatic amines is 1. The maximum absolute atomic E-state index is 5.37. The monoisotopic (exact) mass is 309 g/mol. The van der Waals surface area contributed by atoms with Crippen molar-refractivity contribution < 1.29 is 14.2 Å². The van der Waals surface area contributed by atoms with Crippen LogP contribution in [0.5, 0.6) is 17.2 Å². The van der Waals surface area contributed by atoms with Crippen LogP contribution in [0.1, 0.15) is 13.3 Å². The van der Waals surface area contributed by atoms with Crippen molar-refractivity contribution in [3.8, 4) is 28.6 Å². The van der Waals surface area contributed by atoms with E-state index < -0.39 is 0 Å². The number of nitrogens with one attached hydrogen (secondary N) is 1. The zero-order chi connectivity index (χ0) is 15.4. The van der Waals surface area contributed by atoms with Gasteiger partial charge in [-0.1, -0.05) is 6.92 Å². The summed E-state index contributed by atoms with van der Waals surface area (Å²) >= 11 is 5.27. The third-order valence-electron chi connectivity index (χ3n) is 3.13. The van der Waals surface area contributed by atoms with Gasteiger partial charge in [0.15, 0.2) is 22.1 Å². The predicted octanol–water partition coefficient (Wildman–Crippen LogP) is 3.04. The van der Waals surface area contributed by atoms with Crippen LogP contribution in [0.15, 0.2) is 12.1 Å². The Morgan fingerprint density at radius 1 is 1.14 bits per heavy atom. The van der Waals surface area contributed by atoms with E-state index in [4.69, 9.17) is 26.4 Å². The summed E-state index contributed by atoms with van der Waals surface area (Å²) in [5.74, 6) is 2.48. The van der Waals surface area contributed by atoms with Gasteiger partial charge in [-0.15, -0.1) is 0 Å². The predicted molar refractivity (Wildman–Crippen MR) is 82.8 cm³/mol. The van der Waals surface area contributed by atoms with Crippen LogP contribution in [0.4, 0.5) is 0 Å². The standard InChI is InChI=1S/C14H19N3O3S/c1-5-6-17-13(15-16-14(17)21)9-7-10(18-2)12(20-4)11(8-9)19-3/h7-8H,5-6H2,1-4H3,(H,16,21). The van der Waals surface area contributed by atoms with Crippen molar-refractivity contribution in [2.75, 3.05) is 21.3 Å². The van der Waals surface area contributed by atoms with Crippen LogP contribution in [0, 0.1) is 4.77 Å². The summed E-state index contributed by atoms with van der Waals surface area (Å²) in [4.78, 5) is 0. The molecule has 0 saturated carbocycles. The molecule has 0 aliphatic rings. The van der Waals surface area contributed by atoms with Gasteiger partial charge in [-0.05, 0) is 30.8 Å². The van der Waals surface area contributed by atoms with Crippen molar-refractivity contribution in [1.29, 1.82) is 0 Å². The molecule has 1 N–H and O–H groups in total. The zero-order valence-corrected chi connectivity index (χ0v) is 13.4. The first kappa shape index (κ1) is 15.4. The number of benzene rings is 1. The molecule has 0 bridgehead atoms. The quantitative estimate of drug-likeness (QED) is 0.831. The average Bonchev–Trinajstić information content (AvgIpc) is 2.87. The molecule has 0 atom stereocenters. The van der Waals surface area contributed by atoms with E-state index in [0.717, 1.165) is 24.4 Å². The molecule has 1 aromatic heterocycles. The Kier molecular flexibility index (Phi) is 4.85. The summed E-state index contributed by atoms with van der Waals surface area (Å²) < 4.78 is 18.6. The molecule has 0 fully saturated rings. The van der Waals surface area contributed by atoms with Crippen molar-refractivity contribution in [2.24, 2.45) is 0 Å². The molecule has 1 aromatic carbocycles. The van der Waals surface area contributed by atoms with E-state index in [1.54, 1.807) is 21.3 Å².